The summed E-state index contributed by atoms with van der Waals surface area (Å²) in [4.78, 5) is 21.1. The van der Waals surface area contributed by atoms with Gasteiger partial charge in [0, 0.05) is 17.4 Å². The monoisotopic (exact) mass is 326 g/mol. The zero-order valence-electron chi connectivity index (χ0n) is 15.3. The summed E-state index contributed by atoms with van der Waals surface area (Å²) >= 11 is 0. The van der Waals surface area contributed by atoms with E-state index < -0.39 is 0 Å². The first-order chi connectivity index (χ1) is 11.3. The van der Waals surface area contributed by atoms with Crippen LogP contribution in [0.15, 0.2) is 18.2 Å². The molecule has 1 aromatic carbocycles. The molecule has 0 bridgehead atoms. The molecule has 0 spiro atoms. The van der Waals surface area contributed by atoms with Gasteiger partial charge >= 0.3 is 0 Å². The van der Waals surface area contributed by atoms with Gasteiger partial charge in [0.1, 0.15) is 5.69 Å². The molecule has 0 saturated carbocycles. The number of nitrogens with zero attached hydrogens (tertiary/aromatic N) is 2. The second-order valence-electron chi connectivity index (χ2n) is 6.40. The summed E-state index contributed by atoms with van der Waals surface area (Å²) in [5.74, 6) is 0.273. The number of aryl methyl sites for hydroxylation is 4. The Hall–Kier alpha value is -2.43. The van der Waals surface area contributed by atoms with E-state index in [1.165, 1.54) is 5.56 Å². The Morgan fingerprint density at radius 1 is 1.08 bits per heavy atom. The van der Waals surface area contributed by atoms with Crippen LogP contribution in [0.4, 0.5) is 11.6 Å². The van der Waals surface area contributed by atoms with Gasteiger partial charge in [-0.3, -0.25) is 4.79 Å². The third-order valence-electron chi connectivity index (χ3n) is 3.99. The minimum Gasteiger partial charge on any atom is -0.348 e. The second-order valence-corrected chi connectivity index (χ2v) is 6.40. The summed E-state index contributed by atoms with van der Waals surface area (Å²) in [6.07, 6.45) is 0.878. The number of carbonyl (C=O) groups excluding carboxylic acids is 1. The molecule has 1 aromatic heterocycles. The van der Waals surface area contributed by atoms with Crippen LogP contribution in [-0.2, 0) is 0 Å². The highest BCUT2D eigenvalue weighted by molar-refractivity contribution is 5.92. The summed E-state index contributed by atoms with van der Waals surface area (Å²) in [7, 11) is 0. The van der Waals surface area contributed by atoms with Crippen molar-refractivity contribution in [1.29, 1.82) is 0 Å². The van der Waals surface area contributed by atoms with Gasteiger partial charge < -0.3 is 10.6 Å². The number of hydrogen-bond acceptors (Lipinski definition) is 4. The molecule has 1 atom stereocenters. The van der Waals surface area contributed by atoms with Gasteiger partial charge in [0.15, 0.2) is 0 Å². The fourth-order valence-electron chi connectivity index (χ4n) is 2.63. The molecule has 5 heteroatoms. The van der Waals surface area contributed by atoms with Crippen LogP contribution in [-0.4, -0.2) is 21.9 Å². The average Bonchev–Trinajstić information content (AvgIpc) is 2.50. The van der Waals surface area contributed by atoms with E-state index in [2.05, 4.69) is 53.5 Å². The Bertz CT molecular complexity index is 732. The first-order valence-electron chi connectivity index (χ1n) is 8.31. The van der Waals surface area contributed by atoms with Gasteiger partial charge in [-0.25, -0.2) is 9.97 Å². The number of nitrogens with one attached hydrogen (secondary N) is 2. The van der Waals surface area contributed by atoms with Gasteiger partial charge in [0.2, 0.25) is 5.95 Å². The predicted octanol–water partition coefficient (Wildman–Crippen LogP) is 3.98. The lowest BCUT2D eigenvalue weighted by Crippen LogP contribution is -2.32. The predicted molar refractivity (Wildman–Crippen MR) is 97.9 cm³/mol. The highest BCUT2D eigenvalue weighted by Gasteiger charge is 2.13. The van der Waals surface area contributed by atoms with Crippen molar-refractivity contribution in [3.63, 3.8) is 0 Å². The van der Waals surface area contributed by atoms with Crippen molar-refractivity contribution in [1.82, 2.24) is 15.3 Å². The number of aromatic nitrogens is 2. The normalized spacial score (nSPS) is 11.9. The maximum atomic E-state index is 12.3. The molecule has 0 radical (unpaired) electrons. The lowest BCUT2D eigenvalue weighted by atomic mass is 10.1. The fourth-order valence-corrected chi connectivity index (χ4v) is 2.63. The second kappa shape index (κ2) is 7.43. The molecule has 128 valence electrons. The standard InChI is InChI=1S/C19H26N4O/c1-7-14(5)20-18(24)16-10-15(6)21-19(22-16)23-17-12(3)8-11(2)9-13(17)4/h8-10,14H,7H2,1-6H3,(H,20,24)(H,21,22,23). The van der Waals surface area contributed by atoms with Crippen LogP contribution >= 0.6 is 0 Å². The molecule has 1 unspecified atom stereocenters. The molecule has 0 aliphatic rings. The van der Waals surface area contributed by atoms with Crippen LogP contribution in [0, 0.1) is 27.7 Å². The van der Waals surface area contributed by atoms with Crippen molar-refractivity contribution < 1.29 is 4.79 Å². The van der Waals surface area contributed by atoms with Gasteiger partial charge in [-0.05, 0) is 58.2 Å². The van der Waals surface area contributed by atoms with Crippen molar-refractivity contribution in [3.8, 4) is 0 Å². The zero-order chi connectivity index (χ0) is 17.9. The van der Waals surface area contributed by atoms with Crippen LogP contribution in [0.1, 0.15) is 53.1 Å². The van der Waals surface area contributed by atoms with Crippen molar-refractivity contribution in [3.05, 3.63) is 46.3 Å². The number of carbonyl (C=O) groups is 1. The molecule has 0 saturated heterocycles. The van der Waals surface area contributed by atoms with E-state index in [0.29, 0.717) is 11.6 Å². The molecule has 0 aliphatic carbocycles. The minimum absolute atomic E-state index is 0.116. The van der Waals surface area contributed by atoms with E-state index >= 15 is 0 Å². The highest BCUT2D eigenvalue weighted by Crippen LogP contribution is 2.24. The molecule has 5 nitrogen and oxygen atoms in total. The van der Waals surface area contributed by atoms with Crippen molar-refractivity contribution in [2.24, 2.45) is 0 Å². The number of amides is 1. The lowest BCUT2D eigenvalue weighted by Gasteiger charge is -2.15. The zero-order valence-corrected chi connectivity index (χ0v) is 15.3. The number of benzene rings is 1. The first kappa shape index (κ1) is 17.9. The summed E-state index contributed by atoms with van der Waals surface area (Å²) in [5.41, 5.74) is 5.59. The number of hydrogen-bond donors (Lipinski definition) is 2. The Labute approximate surface area is 143 Å². The van der Waals surface area contributed by atoms with Gasteiger partial charge in [-0.15, -0.1) is 0 Å². The Balaban J connectivity index is 2.31. The Kier molecular flexibility index (Phi) is 5.54. The van der Waals surface area contributed by atoms with E-state index in [4.69, 9.17) is 0 Å². The van der Waals surface area contributed by atoms with E-state index in [-0.39, 0.29) is 11.9 Å². The Morgan fingerprint density at radius 3 is 2.29 bits per heavy atom. The van der Waals surface area contributed by atoms with Crippen molar-refractivity contribution in [2.75, 3.05) is 5.32 Å². The summed E-state index contributed by atoms with van der Waals surface area (Å²) in [6.45, 7) is 12.0. The van der Waals surface area contributed by atoms with Crippen LogP contribution in [0.3, 0.4) is 0 Å². The quantitative estimate of drug-likeness (QED) is 0.872. The van der Waals surface area contributed by atoms with Gasteiger partial charge in [-0.1, -0.05) is 24.6 Å². The molecule has 0 fully saturated rings. The third kappa shape index (κ3) is 4.31. The van der Waals surface area contributed by atoms with E-state index in [1.807, 2.05) is 20.8 Å². The maximum Gasteiger partial charge on any atom is 0.270 e. The summed E-state index contributed by atoms with van der Waals surface area (Å²) in [5, 5.41) is 6.21. The minimum atomic E-state index is -0.171. The third-order valence-corrected chi connectivity index (χ3v) is 3.99. The number of rotatable bonds is 5. The van der Waals surface area contributed by atoms with Crippen molar-refractivity contribution in [2.45, 2.75) is 54.0 Å². The van der Waals surface area contributed by atoms with Crippen molar-refractivity contribution >= 4 is 17.5 Å². The van der Waals surface area contributed by atoms with E-state index in [0.717, 1.165) is 28.9 Å². The SMILES string of the molecule is CCC(C)NC(=O)c1cc(C)nc(Nc2c(C)cc(C)cc2C)n1. The molecular weight excluding hydrogens is 300 g/mol. The smallest absolute Gasteiger partial charge is 0.270 e. The first-order valence-corrected chi connectivity index (χ1v) is 8.31. The largest absolute Gasteiger partial charge is 0.348 e. The molecule has 2 rings (SSSR count). The maximum absolute atomic E-state index is 12.3. The van der Waals surface area contributed by atoms with Crippen LogP contribution < -0.4 is 10.6 Å². The summed E-state index contributed by atoms with van der Waals surface area (Å²) in [6, 6.07) is 6.05. The van der Waals surface area contributed by atoms with E-state index in [1.54, 1.807) is 6.07 Å². The van der Waals surface area contributed by atoms with E-state index in [9.17, 15) is 4.79 Å². The van der Waals surface area contributed by atoms with Gasteiger partial charge in [-0.2, -0.15) is 0 Å². The molecule has 24 heavy (non-hydrogen) atoms. The topological polar surface area (TPSA) is 66.9 Å². The molecule has 0 aliphatic heterocycles. The van der Waals surface area contributed by atoms with Gasteiger partial charge in [0.25, 0.3) is 5.91 Å². The van der Waals surface area contributed by atoms with Gasteiger partial charge in [0.05, 0.1) is 0 Å². The fraction of sp³-hybridized carbons (Fsp3) is 0.421. The molecule has 1 amide bonds. The molecule has 2 aromatic rings. The molecular formula is C19H26N4O. The Morgan fingerprint density at radius 2 is 1.71 bits per heavy atom. The lowest BCUT2D eigenvalue weighted by molar-refractivity contribution is 0.0934. The molecule has 2 N–H and O–H groups in total. The van der Waals surface area contributed by atoms with Crippen LogP contribution in [0.25, 0.3) is 0 Å². The van der Waals surface area contributed by atoms with Crippen LogP contribution in [0.2, 0.25) is 0 Å². The highest BCUT2D eigenvalue weighted by atomic mass is 16.1. The average molecular weight is 326 g/mol. The van der Waals surface area contributed by atoms with Crippen LogP contribution in [0.5, 0.6) is 0 Å². The number of anilines is 2. The summed E-state index contributed by atoms with van der Waals surface area (Å²) < 4.78 is 0. The molecule has 1 heterocycles.